The van der Waals surface area contributed by atoms with Crippen molar-refractivity contribution in [3.8, 4) is 11.5 Å². The molecule has 0 fully saturated rings. The van der Waals surface area contributed by atoms with Gasteiger partial charge in [0.25, 0.3) is 0 Å². The van der Waals surface area contributed by atoms with Crippen LogP contribution in [-0.2, 0) is 6.42 Å². The zero-order chi connectivity index (χ0) is 15.9. The smallest absolute Gasteiger partial charge is 0.319 e. The molecule has 1 aromatic heterocycles. The van der Waals surface area contributed by atoms with Crippen LogP contribution in [0.2, 0.25) is 0 Å². The Balaban J connectivity index is 1.48. The summed E-state index contributed by atoms with van der Waals surface area (Å²) < 4.78 is 5.58. The summed E-state index contributed by atoms with van der Waals surface area (Å²) in [6.07, 6.45) is 0.474. The summed E-state index contributed by atoms with van der Waals surface area (Å²) in [5.41, 5.74) is 1.62. The van der Waals surface area contributed by atoms with Gasteiger partial charge < -0.3 is 15.1 Å². The maximum Gasteiger partial charge on any atom is 0.319 e. The Bertz CT molecular complexity index is 757. The number of carbonyl (C=O) groups excluding carboxylic acids is 1. The molecule has 2 N–H and O–H groups in total. The van der Waals surface area contributed by atoms with Gasteiger partial charge in [-0.2, -0.15) is 0 Å². The van der Waals surface area contributed by atoms with Gasteiger partial charge in [-0.15, -0.1) is 10.2 Å². The normalized spacial score (nSPS) is 10.3. The number of hydrogen-bond donors (Lipinski definition) is 2. The van der Waals surface area contributed by atoms with Gasteiger partial charge in [0.05, 0.1) is 0 Å². The molecule has 1 heterocycles. The van der Waals surface area contributed by atoms with Crippen molar-refractivity contribution in [2.45, 2.75) is 6.42 Å². The third kappa shape index (κ3) is 4.16. The van der Waals surface area contributed by atoms with Crippen molar-refractivity contribution >= 4 is 11.7 Å². The molecule has 0 spiro atoms. The van der Waals surface area contributed by atoms with Crippen molar-refractivity contribution in [1.82, 2.24) is 15.5 Å². The van der Waals surface area contributed by atoms with Crippen LogP contribution in [0.15, 0.2) is 65.1 Å². The van der Waals surface area contributed by atoms with E-state index >= 15 is 0 Å². The van der Waals surface area contributed by atoms with Gasteiger partial charge in [0.1, 0.15) is 0 Å². The first kappa shape index (κ1) is 14.8. The Morgan fingerprint density at radius 3 is 2.39 bits per heavy atom. The molecule has 0 aliphatic carbocycles. The molecule has 23 heavy (non-hydrogen) atoms. The van der Waals surface area contributed by atoms with Gasteiger partial charge in [-0.05, 0) is 24.3 Å². The molecule has 0 bridgehead atoms. The molecule has 0 unspecified atom stereocenters. The van der Waals surface area contributed by atoms with Crippen LogP contribution in [0.3, 0.4) is 0 Å². The zero-order valence-electron chi connectivity index (χ0n) is 12.4. The summed E-state index contributed by atoms with van der Waals surface area (Å²) in [4.78, 5) is 11.7. The fourth-order valence-electron chi connectivity index (χ4n) is 2.03. The molecule has 3 rings (SSSR count). The van der Waals surface area contributed by atoms with Crippen LogP contribution in [0.5, 0.6) is 0 Å². The van der Waals surface area contributed by atoms with E-state index in [0.29, 0.717) is 24.7 Å². The van der Waals surface area contributed by atoms with E-state index in [1.54, 1.807) is 0 Å². The number of rotatable bonds is 5. The first-order chi connectivity index (χ1) is 11.3. The Labute approximate surface area is 133 Å². The number of carbonyl (C=O) groups is 1. The Hall–Kier alpha value is -3.15. The molecule has 116 valence electrons. The minimum absolute atomic E-state index is 0.265. The number of nitrogens with one attached hydrogen (secondary N) is 2. The fourth-order valence-corrected chi connectivity index (χ4v) is 2.03. The summed E-state index contributed by atoms with van der Waals surface area (Å²) in [5.74, 6) is 0.971. The number of aromatic nitrogens is 2. The van der Waals surface area contributed by atoms with Crippen LogP contribution in [-0.4, -0.2) is 22.8 Å². The lowest BCUT2D eigenvalue weighted by atomic mass is 10.2. The molecule has 0 saturated carbocycles. The molecule has 2 amide bonds. The van der Waals surface area contributed by atoms with Crippen molar-refractivity contribution in [2.75, 3.05) is 11.9 Å². The van der Waals surface area contributed by atoms with Gasteiger partial charge in [-0.1, -0.05) is 36.4 Å². The molecule has 6 nitrogen and oxygen atoms in total. The molecule has 0 radical (unpaired) electrons. The SMILES string of the molecule is O=C(NCCc1nnc(-c2ccccc2)o1)Nc1ccccc1. The van der Waals surface area contributed by atoms with E-state index in [4.69, 9.17) is 4.42 Å². The number of hydrogen-bond acceptors (Lipinski definition) is 4. The van der Waals surface area contributed by atoms with E-state index in [9.17, 15) is 4.79 Å². The molecule has 3 aromatic rings. The molecular formula is C17H16N4O2. The molecule has 0 aliphatic heterocycles. The van der Waals surface area contributed by atoms with Gasteiger partial charge in [0.2, 0.25) is 11.8 Å². The van der Waals surface area contributed by atoms with Crippen molar-refractivity contribution < 1.29 is 9.21 Å². The van der Waals surface area contributed by atoms with Gasteiger partial charge in [0.15, 0.2) is 0 Å². The van der Waals surface area contributed by atoms with Gasteiger partial charge in [-0.3, -0.25) is 0 Å². The number of anilines is 1. The van der Waals surface area contributed by atoms with Crippen molar-refractivity contribution in [3.63, 3.8) is 0 Å². The molecule has 0 atom stereocenters. The molecule has 2 aromatic carbocycles. The first-order valence-electron chi connectivity index (χ1n) is 7.29. The molecule has 0 aliphatic rings. The first-order valence-corrected chi connectivity index (χ1v) is 7.29. The van der Waals surface area contributed by atoms with E-state index in [0.717, 1.165) is 11.3 Å². The van der Waals surface area contributed by atoms with Crippen LogP contribution < -0.4 is 10.6 Å². The predicted molar refractivity (Wildman–Crippen MR) is 86.9 cm³/mol. The summed E-state index contributed by atoms with van der Waals surface area (Å²) in [7, 11) is 0. The summed E-state index contributed by atoms with van der Waals surface area (Å²) in [6, 6.07) is 18.6. The predicted octanol–water partition coefficient (Wildman–Crippen LogP) is 3.10. The maximum atomic E-state index is 11.7. The quantitative estimate of drug-likeness (QED) is 0.759. The van der Waals surface area contributed by atoms with E-state index < -0.39 is 0 Å². The van der Waals surface area contributed by atoms with Crippen molar-refractivity contribution in [3.05, 3.63) is 66.6 Å². The van der Waals surface area contributed by atoms with E-state index in [2.05, 4.69) is 20.8 Å². The summed E-state index contributed by atoms with van der Waals surface area (Å²) >= 11 is 0. The van der Waals surface area contributed by atoms with E-state index in [-0.39, 0.29) is 6.03 Å². The van der Waals surface area contributed by atoms with Crippen molar-refractivity contribution in [2.24, 2.45) is 0 Å². The summed E-state index contributed by atoms with van der Waals surface area (Å²) in [5, 5.41) is 13.5. The lowest BCUT2D eigenvalue weighted by Gasteiger charge is -2.05. The largest absolute Gasteiger partial charge is 0.421 e. The average Bonchev–Trinajstić information content (AvgIpc) is 3.05. The van der Waals surface area contributed by atoms with Gasteiger partial charge >= 0.3 is 6.03 Å². The second kappa shape index (κ2) is 7.22. The average molecular weight is 308 g/mol. The van der Waals surface area contributed by atoms with Gasteiger partial charge in [-0.25, -0.2) is 4.79 Å². The third-order valence-electron chi connectivity index (χ3n) is 3.14. The lowest BCUT2D eigenvalue weighted by Crippen LogP contribution is -2.30. The van der Waals surface area contributed by atoms with Crippen LogP contribution >= 0.6 is 0 Å². The van der Waals surface area contributed by atoms with E-state index in [1.165, 1.54) is 0 Å². The molecule has 0 saturated heterocycles. The highest BCUT2D eigenvalue weighted by Crippen LogP contribution is 2.16. The zero-order valence-corrected chi connectivity index (χ0v) is 12.4. The number of urea groups is 1. The highest BCUT2D eigenvalue weighted by atomic mass is 16.4. The fraction of sp³-hybridized carbons (Fsp3) is 0.118. The minimum atomic E-state index is -0.265. The molecule has 6 heteroatoms. The second-order valence-corrected chi connectivity index (χ2v) is 4.86. The minimum Gasteiger partial charge on any atom is -0.421 e. The highest BCUT2D eigenvalue weighted by Gasteiger charge is 2.08. The lowest BCUT2D eigenvalue weighted by molar-refractivity contribution is 0.252. The van der Waals surface area contributed by atoms with Crippen LogP contribution in [0.1, 0.15) is 5.89 Å². The maximum absolute atomic E-state index is 11.7. The monoisotopic (exact) mass is 308 g/mol. The van der Waals surface area contributed by atoms with E-state index in [1.807, 2.05) is 60.7 Å². The van der Waals surface area contributed by atoms with Gasteiger partial charge in [0, 0.05) is 24.2 Å². The topological polar surface area (TPSA) is 80.1 Å². The van der Waals surface area contributed by atoms with Crippen LogP contribution in [0.25, 0.3) is 11.5 Å². The number of amides is 2. The molecular weight excluding hydrogens is 292 g/mol. The Morgan fingerprint density at radius 2 is 1.65 bits per heavy atom. The highest BCUT2D eigenvalue weighted by molar-refractivity contribution is 5.89. The second-order valence-electron chi connectivity index (χ2n) is 4.86. The number of benzene rings is 2. The van der Waals surface area contributed by atoms with Crippen LogP contribution in [0.4, 0.5) is 10.5 Å². The Kier molecular flexibility index (Phi) is 4.63. The third-order valence-corrected chi connectivity index (χ3v) is 3.14. The van der Waals surface area contributed by atoms with Crippen LogP contribution in [0, 0.1) is 0 Å². The Morgan fingerprint density at radius 1 is 0.957 bits per heavy atom. The standard InChI is InChI=1S/C17H16N4O2/c22-17(19-14-9-5-2-6-10-14)18-12-11-15-20-21-16(23-15)13-7-3-1-4-8-13/h1-10H,11-12H2,(H2,18,19,22). The number of para-hydroxylation sites is 1. The van der Waals surface area contributed by atoms with Crippen molar-refractivity contribution in [1.29, 1.82) is 0 Å². The number of nitrogens with zero attached hydrogens (tertiary/aromatic N) is 2. The summed E-state index contributed by atoms with van der Waals surface area (Å²) in [6.45, 7) is 0.412.